The average molecular weight is 365 g/mol. The summed E-state index contributed by atoms with van der Waals surface area (Å²) in [5, 5.41) is 3.16. The van der Waals surface area contributed by atoms with Crippen LogP contribution in [0.25, 0.3) is 34.2 Å². The second-order valence-electron chi connectivity index (χ2n) is 6.79. The number of para-hydroxylation sites is 1. The van der Waals surface area contributed by atoms with Crippen molar-refractivity contribution in [3.63, 3.8) is 0 Å². The third-order valence-electron chi connectivity index (χ3n) is 5.26. The summed E-state index contributed by atoms with van der Waals surface area (Å²) in [4.78, 5) is 4.47. The van der Waals surface area contributed by atoms with Crippen LogP contribution in [0.3, 0.4) is 0 Å². The number of ether oxygens (including phenoxy) is 2. The summed E-state index contributed by atoms with van der Waals surface area (Å²) in [5.41, 5.74) is 5.65. The van der Waals surface area contributed by atoms with Crippen molar-refractivity contribution in [3.05, 3.63) is 88.4 Å². The summed E-state index contributed by atoms with van der Waals surface area (Å²) < 4.78 is 11.6. The fourth-order valence-corrected chi connectivity index (χ4v) is 4.00. The average Bonchev–Trinajstić information content (AvgIpc) is 3.11. The van der Waals surface area contributed by atoms with E-state index in [0.29, 0.717) is 0 Å². The predicted octanol–water partition coefficient (Wildman–Crippen LogP) is 3.89. The summed E-state index contributed by atoms with van der Waals surface area (Å²) in [7, 11) is 3.38. The zero-order valence-electron chi connectivity index (χ0n) is 15.8. The van der Waals surface area contributed by atoms with Crippen LogP contribution in [0.2, 0.25) is 0 Å². The highest BCUT2D eigenvalue weighted by molar-refractivity contribution is 5.89. The van der Waals surface area contributed by atoms with Crippen molar-refractivity contribution in [2.75, 3.05) is 14.2 Å². The van der Waals surface area contributed by atoms with Crippen LogP contribution in [0, 0.1) is 0 Å². The molecule has 0 atom stereocenters. The van der Waals surface area contributed by atoms with Crippen LogP contribution in [0.5, 0.6) is 11.5 Å². The Hall–Kier alpha value is -3.59. The number of fused-ring (bicyclic) bond motifs is 4. The Labute approximate surface area is 163 Å². The summed E-state index contributed by atoms with van der Waals surface area (Å²) >= 11 is 0. The van der Waals surface area contributed by atoms with E-state index in [2.05, 4.69) is 53.5 Å². The second-order valence-corrected chi connectivity index (χ2v) is 6.79. The van der Waals surface area contributed by atoms with E-state index in [1.165, 1.54) is 11.1 Å². The molecule has 5 rings (SSSR count). The zero-order chi connectivity index (χ0) is 19.1. The lowest BCUT2D eigenvalue weighted by Gasteiger charge is -2.12. The van der Waals surface area contributed by atoms with Gasteiger partial charge in [-0.2, -0.15) is 0 Å². The van der Waals surface area contributed by atoms with Gasteiger partial charge in [0.25, 0.3) is 0 Å². The third kappa shape index (κ3) is 2.48. The minimum Gasteiger partial charge on any atom is -0.492 e. The highest BCUT2D eigenvalue weighted by Crippen LogP contribution is 2.31. The van der Waals surface area contributed by atoms with E-state index in [1.807, 2.05) is 30.5 Å². The van der Waals surface area contributed by atoms with Crippen LogP contribution in [-0.4, -0.2) is 19.2 Å². The Balaban J connectivity index is 1.85. The highest BCUT2D eigenvalue weighted by Gasteiger charge is 2.19. The zero-order valence-corrected chi connectivity index (χ0v) is 15.8. The standard InChI is InChI=1S/C25H19NO2/c1-27-24-18(13-17-11-12-26-23-10-6-5-9-20(17)23)15-21-19-8-4-3-7-16(19)14-22(21)25(24)28-2/h3-15H,1-2H3. The van der Waals surface area contributed by atoms with Crippen LogP contribution in [0.15, 0.2) is 66.9 Å². The van der Waals surface area contributed by atoms with E-state index in [9.17, 15) is 0 Å². The molecule has 3 nitrogen and oxygen atoms in total. The van der Waals surface area contributed by atoms with Gasteiger partial charge < -0.3 is 9.47 Å². The van der Waals surface area contributed by atoms with E-state index in [0.717, 1.165) is 44.0 Å². The van der Waals surface area contributed by atoms with Gasteiger partial charge in [0.15, 0.2) is 11.5 Å². The molecule has 0 saturated carbocycles. The lowest BCUT2D eigenvalue weighted by Crippen LogP contribution is -2.17. The Morgan fingerprint density at radius 1 is 0.821 bits per heavy atom. The number of methoxy groups -OCH3 is 2. The van der Waals surface area contributed by atoms with Crippen LogP contribution >= 0.6 is 0 Å². The van der Waals surface area contributed by atoms with Crippen molar-refractivity contribution >= 4 is 23.1 Å². The van der Waals surface area contributed by atoms with E-state index in [-0.39, 0.29) is 0 Å². The molecule has 0 spiro atoms. The Bertz CT molecular complexity index is 1330. The first-order valence-electron chi connectivity index (χ1n) is 9.22. The van der Waals surface area contributed by atoms with Crippen molar-refractivity contribution in [1.82, 2.24) is 4.98 Å². The van der Waals surface area contributed by atoms with Gasteiger partial charge in [0, 0.05) is 22.0 Å². The number of nitrogens with zero attached hydrogens (tertiary/aromatic N) is 1. The molecule has 1 aliphatic rings. The molecule has 136 valence electrons. The van der Waals surface area contributed by atoms with Gasteiger partial charge in [-0.1, -0.05) is 42.5 Å². The minimum absolute atomic E-state index is 0.742. The summed E-state index contributed by atoms with van der Waals surface area (Å²) in [6, 6.07) is 20.8. The number of hydrogen-bond donors (Lipinski definition) is 0. The van der Waals surface area contributed by atoms with Gasteiger partial charge in [-0.15, -0.1) is 0 Å². The van der Waals surface area contributed by atoms with Gasteiger partial charge in [0.2, 0.25) is 0 Å². The van der Waals surface area contributed by atoms with E-state index >= 15 is 0 Å². The minimum atomic E-state index is 0.742. The molecule has 28 heavy (non-hydrogen) atoms. The first-order valence-corrected chi connectivity index (χ1v) is 9.22. The predicted molar refractivity (Wildman–Crippen MR) is 113 cm³/mol. The maximum Gasteiger partial charge on any atom is 0.169 e. The molecule has 4 aromatic rings. The SMILES string of the molecule is COc1c(OC)c2c(cc1=Cc1ccnc3ccccc13)-c1ccccc1C=2. The molecular formula is C25H19NO2. The first-order chi connectivity index (χ1) is 13.8. The quantitative estimate of drug-likeness (QED) is 0.486. The summed E-state index contributed by atoms with van der Waals surface area (Å²) in [5.74, 6) is 1.51. The van der Waals surface area contributed by atoms with Crippen molar-refractivity contribution in [2.24, 2.45) is 0 Å². The number of benzene rings is 3. The van der Waals surface area contributed by atoms with Crippen molar-refractivity contribution in [1.29, 1.82) is 0 Å². The monoisotopic (exact) mass is 365 g/mol. The van der Waals surface area contributed by atoms with E-state index < -0.39 is 0 Å². The van der Waals surface area contributed by atoms with Gasteiger partial charge >= 0.3 is 0 Å². The molecular weight excluding hydrogens is 346 g/mol. The Kier molecular flexibility index (Phi) is 3.87. The molecule has 1 aromatic heterocycles. The molecule has 0 unspecified atom stereocenters. The largest absolute Gasteiger partial charge is 0.492 e. The second kappa shape index (κ2) is 6.54. The van der Waals surface area contributed by atoms with Crippen LogP contribution in [-0.2, 0) is 0 Å². The van der Waals surface area contributed by atoms with Crippen LogP contribution in [0.1, 0.15) is 11.1 Å². The third-order valence-corrected chi connectivity index (χ3v) is 5.26. The number of hydrogen-bond acceptors (Lipinski definition) is 3. The summed E-state index contributed by atoms with van der Waals surface area (Å²) in [6.45, 7) is 0. The molecule has 0 aliphatic heterocycles. The lowest BCUT2D eigenvalue weighted by molar-refractivity contribution is 0.350. The maximum absolute atomic E-state index is 5.79. The smallest absolute Gasteiger partial charge is 0.169 e. The van der Waals surface area contributed by atoms with Gasteiger partial charge in [-0.05, 0) is 52.6 Å². The summed E-state index contributed by atoms with van der Waals surface area (Å²) in [6.07, 6.45) is 6.15. The van der Waals surface area contributed by atoms with Crippen LogP contribution < -0.4 is 19.9 Å². The molecule has 0 saturated heterocycles. The molecule has 0 radical (unpaired) electrons. The highest BCUT2D eigenvalue weighted by atomic mass is 16.5. The normalized spacial score (nSPS) is 12.4. The number of aromatic nitrogens is 1. The molecule has 1 heterocycles. The molecule has 0 amide bonds. The molecule has 0 bridgehead atoms. The Morgan fingerprint density at radius 2 is 1.61 bits per heavy atom. The molecule has 0 N–H and O–H groups in total. The fraction of sp³-hybridized carbons (Fsp3) is 0.0800. The van der Waals surface area contributed by atoms with E-state index in [1.54, 1.807) is 14.2 Å². The van der Waals surface area contributed by atoms with Crippen LogP contribution in [0.4, 0.5) is 0 Å². The van der Waals surface area contributed by atoms with Crippen molar-refractivity contribution in [2.45, 2.75) is 0 Å². The molecule has 3 heteroatoms. The number of pyridine rings is 1. The maximum atomic E-state index is 5.79. The number of rotatable bonds is 3. The fourth-order valence-electron chi connectivity index (χ4n) is 4.00. The van der Waals surface area contributed by atoms with Gasteiger partial charge in [-0.3, -0.25) is 4.98 Å². The van der Waals surface area contributed by atoms with Crippen molar-refractivity contribution in [3.8, 4) is 22.6 Å². The molecule has 3 aromatic carbocycles. The molecule has 1 aliphatic carbocycles. The first kappa shape index (κ1) is 16.6. The Morgan fingerprint density at radius 3 is 2.46 bits per heavy atom. The topological polar surface area (TPSA) is 31.4 Å². The lowest BCUT2D eigenvalue weighted by atomic mass is 10.0. The van der Waals surface area contributed by atoms with E-state index in [4.69, 9.17) is 9.47 Å². The van der Waals surface area contributed by atoms with Crippen molar-refractivity contribution < 1.29 is 9.47 Å². The van der Waals surface area contributed by atoms with Gasteiger partial charge in [0.1, 0.15) is 0 Å². The van der Waals surface area contributed by atoms with Gasteiger partial charge in [0.05, 0.1) is 19.7 Å². The van der Waals surface area contributed by atoms with Gasteiger partial charge in [-0.25, -0.2) is 0 Å². The molecule has 0 fully saturated rings.